The molecule has 1 aromatic rings. The fourth-order valence-corrected chi connectivity index (χ4v) is 1.07. The molecule has 5 heteroatoms. The van der Waals surface area contributed by atoms with Crippen LogP contribution >= 0.6 is 0 Å². The van der Waals surface area contributed by atoms with Crippen molar-refractivity contribution in [3.8, 4) is 11.5 Å². The minimum absolute atomic E-state index is 0.0210. The number of benzene rings is 1. The average molecular weight is 213 g/mol. The van der Waals surface area contributed by atoms with Crippen molar-refractivity contribution in [2.24, 2.45) is 5.73 Å². The zero-order valence-corrected chi connectivity index (χ0v) is 8.06. The molecule has 5 nitrogen and oxygen atoms in total. The Hall–Kier alpha value is -1.75. The van der Waals surface area contributed by atoms with Gasteiger partial charge in [-0.05, 0) is 17.7 Å². The zero-order valence-electron chi connectivity index (χ0n) is 10.1. The van der Waals surface area contributed by atoms with Crippen molar-refractivity contribution >= 4 is 5.97 Å². The predicted octanol–water partition coefficient (Wildman–Crippen LogP) is 0.613. The lowest BCUT2D eigenvalue weighted by atomic mass is 9.94. The van der Waals surface area contributed by atoms with Gasteiger partial charge in [-0.2, -0.15) is 0 Å². The number of aliphatic carboxylic acids is 1. The van der Waals surface area contributed by atoms with Crippen LogP contribution in [0.3, 0.4) is 0 Å². The summed E-state index contributed by atoms with van der Waals surface area (Å²) in [6.07, 6.45) is 0. The molecule has 0 bridgehead atoms. The summed E-state index contributed by atoms with van der Waals surface area (Å²) in [7, 11) is 0. The van der Waals surface area contributed by atoms with Crippen LogP contribution in [-0.4, -0.2) is 27.3 Å². The number of hydrogen-bond donors (Lipinski definition) is 4. The van der Waals surface area contributed by atoms with Gasteiger partial charge in [-0.1, -0.05) is 13.0 Å². The van der Waals surface area contributed by atoms with Gasteiger partial charge in [-0.15, -0.1) is 0 Å². The highest BCUT2D eigenvalue weighted by Gasteiger charge is 2.22. The van der Waals surface area contributed by atoms with Crippen LogP contribution in [0.1, 0.15) is 21.1 Å². The quantitative estimate of drug-likeness (QED) is 0.551. The fraction of sp³-hybridized carbons (Fsp3) is 0.300. The molecule has 82 valence electrons. The monoisotopic (exact) mass is 213 g/mol. The number of nitrogens with two attached hydrogens (primary N) is 1. The number of phenols is 2. The maximum Gasteiger partial charge on any atom is 0.321 e. The van der Waals surface area contributed by atoms with E-state index in [0.717, 1.165) is 19.1 Å². The van der Waals surface area contributed by atoms with Crippen LogP contribution in [0, 0.1) is 0 Å². The van der Waals surface area contributed by atoms with Crippen molar-refractivity contribution in [2.75, 3.05) is 0 Å². The second kappa shape index (κ2) is 4.18. The molecule has 5 N–H and O–H groups in total. The smallest absolute Gasteiger partial charge is 0.321 e. The first kappa shape index (κ1) is 8.55. The van der Waals surface area contributed by atoms with Crippen molar-refractivity contribution in [2.45, 2.75) is 18.8 Å². The summed E-state index contributed by atoms with van der Waals surface area (Å²) in [5.41, 5.74) is 5.31. The summed E-state index contributed by atoms with van der Waals surface area (Å²) in [5.74, 6) is -4.53. The van der Waals surface area contributed by atoms with E-state index in [4.69, 9.17) is 18.7 Å². The van der Waals surface area contributed by atoms with Gasteiger partial charge in [-0.25, -0.2) is 0 Å². The van der Waals surface area contributed by atoms with Gasteiger partial charge < -0.3 is 21.1 Å². The molecule has 0 aromatic heterocycles. The maximum atomic E-state index is 10.8. The highest BCUT2D eigenvalue weighted by Crippen LogP contribution is 2.29. The second-order valence-corrected chi connectivity index (χ2v) is 3.05. The van der Waals surface area contributed by atoms with Crippen LogP contribution in [-0.2, 0) is 4.79 Å². The summed E-state index contributed by atoms with van der Waals surface area (Å²) in [6, 6.07) is 0.786. The van der Waals surface area contributed by atoms with E-state index in [0.29, 0.717) is 0 Å². The Labute approximate surface area is 89.6 Å². The van der Waals surface area contributed by atoms with Gasteiger partial charge in [0.25, 0.3) is 0 Å². The standard InChI is InChI=1S/C10H13NO4/c1-5(9(11)10(14)15)6-2-3-7(12)8(13)4-6/h2-5,9,12-13H,11H2,1H3,(H,14,15)/t5-,9-/m0/s1/i5D,9D. The largest absolute Gasteiger partial charge is 0.504 e. The van der Waals surface area contributed by atoms with Gasteiger partial charge in [-0.3, -0.25) is 4.79 Å². The molecular weight excluding hydrogens is 198 g/mol. The van der Waals surface area contributed by atoms with Gasteiger partial charge in [0.2, 0.25) is 0 Å². The van der Waals surface area contributed by atoms with Crippen molar-refractivity contribution in [1.29, 1.82) is 0 Å². The molecule has 0 fully saturated rings. The van der Waals surface area contributed by atoms with E-state index in [-0.39, 0.29) is 5.56 Å². The van der Waals surface area contributed by atoms with Crippen molar-refractivity contribution < 1.29 is 22.9 Å². The maximum absolute atomic E-state index is 10.8. The van der Waals surface area contributed by atoms with E-state index < -0.39 is 29.4 Å². The first-order chi connectivity index (χ1) is 7.60. The molecule has 15 heavy (non-hydrogen) atoms. The molecule has 0 aliphatic heterocycles. The van der Waals surface area contributed by atoms with Gasteiger partial charge in [0.1, 0.15) is 6.02 Å². The topological polar surface area (TPSA) is 104 Å². The van der Waals surface area contributed by atoms with Crippen LogP contribution in [0.2, 0.25) is 0 Å². The first-order valence-electron chi connectivity index (χ1n) is 5.15. The van der Waals surface area contributed by atoms with E-state index in [1.807, 2.05) is 0 Å². The highest BCUT2D eigenvalue weighted by atomic mass is 16.4. The van der Waals surface area contributed by atoms with Crippen LogP contribution in [0.4, 0.5) is 0 Å². The number of phenolic OH excluding ortho intramolecular Hbond substituents is 2. The van der Waals surface area contributed by atoms with E-state index in [1.165, 1.54) is 6.07 Å². The lowest BCUT2D eigenvalue weighted by molar-refractivity contribution is -0.139. The molecule has 0 saturated heterocycles. The van der Waals surface area contributed by atoms with Gasteiger partial charge in [0, 0.05) is 7.26 Å². The SMILES string of the molecule is [2H][C@](C)(c1ccc(O)c(O)c1)[C@]([2H])(N)C(=O)O. The molecule has 0 heterocycles. The lowest BCUT2D eigenvalue weighted by Gasteiger charge is -2.16. The Balaban J connectivity index is 3.30. The molecule has 0 radical (unpaired) electrons. The Morgan fingerprint density at radius 1 is 1.47 bits per heavy atom. The van der Waals surface area contributed by atoms with Crippen LogP contribution in [0.15, 0.2) is 18.2 Å². The van der Waals surface area contributed by atoms with Crippen molar-refractivity contribution in [3.63, 3.8) is 0 Å². The Morgan fingerprint density at radius 2 is 2.07 bits per heavy atom. The summed E-state index contributed by atoms with van der Waals surface area (Å²) < 4.78 is 15.4. The average Bonchev–Trinajstić information content (AvgIpc) is 2.21. The van der Waals surface area contributed by atoms with Gasteiger partial charge in [0.15, 0.2) is 11.5 Å². The third-order valence-corrected chi connectivity index (χ3v) is 2.04. The van der Waals surface area contributed by atoms with Crippen LogP contribution in [0.25, 0.3) is 0 Å². The second-order valence-electron chi connectivity index (χ2n) is 3.05. The summed E-state index contributed by atoms with van der Waals surface area (Å²) >= 11 is 0. The van der Waals surface area contributed by atoms with Crippen molar-refractivity contribution in [3.05, 3.63) is 23.8 Å². The molecule has 0 spiro atoms. The number of carbonyl (C=O) groups is 1. The molecule has 0 aliphatic rings. The molecule has 0 amide bonds. The fourth-order valence-electron chi connectivity index (χ4n) is 1.07. The van der Waals surface area contributed by atoms with E-state index in [1.54, 1.807) is 0 Å². The van der Waals surface area contributed by atoms with E-state index >= 15 is 0 Å². The minimum Gasteiger partial charge on any atom is -0.504 e. The first-order valence-corrected chi connectivity index (χ1v) is 4.15. The Kier molecular flexibility index (Phi) is 2.38. The van der Waals surface area contributed by atoms with Gasteiger partial charge in [0.05, 0.1) is 1.37 Å². The van der Waals surface area contributed by atoms with E-state index in [2.05, 4.69) is 0 Å². The Morgan fingerprint density at radius 3 is 2.53 bits per heavy atom. The number of carboxylic acids is 1. The molecular formula is C10H13NO4. The van der Waals surface area contributed by atoms with E-state index in [9.17, 15) is 9.90 Å². The van der Waals surface area contributed by atoms with Crippen LogP contribution in [0.5, 0.6) is 11.5 Å². The third kappa shape index (κ3) is 2.38. The number of carboxylic acid groups (broad SMARTS) is 1. The number of rotatable bonds is 3. The molecule has 0 saturated carbocycles. The molecule has 1 rings (SSSR count). The number of aromatic hydroxyl groups is 2. The molecule has 0 unspecified atom stereocenters. The predicted molar refractivity (Wildman–Crippen MR) is 53.8 cm³/mol. The number of hydrogen-bond acceptors (Lipinski definition) is 4. The summed E-state index contributed by atoms with van der Waals surface area (Å²) in [6.45, 7) is 1.15. The molecule has 2 atom stereocenters. The Bertz CT molecular complexity index is 460. The summed E-state index contributed by atoms with van der Waals surface area (Å²) in [5, 5.41) is 27.2. The minimum atomic E-state index is -2.57. The third-order valence-electron chi connectivity index (χ3n) is 2.04. The summed E-state index contributed by atoms with van der Waals surface area (Å²) in [4.78, 5) is 10.8. The normalized spacial score (nSPS) is 20.7. The molecule has 1 aromatic carbocycles. The molecule has 0 aliphatic carbocycles. The zero-order chi connectivity index (χ0) is 13.4. The lowest BCUT2D eigenvalue weighted by Crippen LogP contribution is -2.35. The highest BCUT2D eigenvalue weighted by molar-refractivity contribution is 5.74. The van der Waals surface area contributed by atoms with Gasteiger partial charge >= 0.3 is 5.97 Å². The van der Waals surface area contributed by atoms with Crippen LogP contribution < -0.4 is 5.73 Å². The van der Waals surface area contributed by atoms with Crippen molar-refractivity contribution in [1.82, 2.24) is 0 Å².